The zero-order valence-electron chi connectivity index (χ0n) is 6.49. The Bertz CT molecular complexity index is 375. The summed E-state index contributed by atoms with van der Waals surface area (Å²) in [6, 6.07) is 4.94. The van der Waals surface area contributed by atoms with Crippen LogP contribution in [0.15, 0.2) is 23.2 Å². The molecule has 0 bridgehead atoms. The minimum Gasteiger partial charge on any atom is -0.240 e. The van der Waals surface area contributed by atoms with Crippen LogP contribution in [-0.4, -0.2) is 19.7 Å². The molecule has 1 heterocycles. The molecule has 0 aliphatic heterocycles. The van der Waals surface area contributed by atoms with E-state index >= 15 is 0 Å². The summed E-state index contributed by atoms with van der Waals surface area (Å²) in [5, 5.41) is 0.690. The van der Waals surface area contributed by atoms with Crippen LogP contribution in [0.4, 0.5) is 0 Å². The predicted molar refractivity (Wildman–Crippen MR) is 50.0 cm³/mol. The fraction of sp³-hybridized carbons (Fsp3) is 0.286. The highest BCUT2D eigenvalue weighted by molar-refractivity contribution is 9.08. The molecule has 66 valence electrons. The zero-order valence-corrected chi connectivity index (χ0v) is 8.89. The van der Waals surface area contributed by atoms with Crippen molar-refractivity contribution in [1.29, 1.82) is 0 Å². The molecule has 12 heavy (non-hydrogen) atoms. The average molecular weight is 250 g/mol. The standard InChI is InChI=1S/C7H8BrNO2S/c1-12(10,11)7-4-2-3-6(5-8)9-7/h2-4H,5H2,1H3. The maximum Gasteiger partial charge on any atom is 0.192 e. The Morgan fingerprint density at radius 1 is 1.50 bits per heavy atom. The van der Waals surface area contributed by atoms with Gasteiger partial charge in [-0.25, -0.2) is 13.4 Å². The van der Waals surface area contributed by atoms with Crippen LogP contribution < -0.4 is 0 Å². The van der Waals surface area contributed by atoms with E-state index in [1.807, 2.05) is 0 Å². The average Bonchev–Trinajstić information content (AvgIpc) is 2.03. The van der Waals surface area contributed by atoms with Gasteiger partial charge >= 0.3 is 0 Å². The van der Waals surface area contributed by atoms with Crippen LogP contribution in [0.2, 0.25) is 0 Å². The van der Waals surface area contributed by atoms with Crippen molar-refractivity contribution in [3.05, 3.63) is 23.9 Å². The summed E-state index contributed by atoms with van der Waals surface area (Å²) in [6.45, 7) is 0. The first-order valence-electron chi connectivity index (χ1n) is 3.26. The van der Waals surface area contributed by atoms with Gasteiger partial charge in [-0.1, -0.05) is 22.0 Å². The normalized spacial score (nSPS) is 11.5. The van der Waals surface area contributed by atoms with Crippen LogP contribution in [0.1, 0.15) is 5.69 Å². The second kappa shape index (κ2) is 3.53. The molecule has 0 saturated carbocycles. The highest BCUT2D eigenvalue weighted by Crippen LogP contribution is 2.08. The van der Waals surface area contributed by atoms with Crippen LogP contribution in [0.3, 0.4) is 0 Å². The topological polar surface area (TPSA) is 47.0 Å². The van der Waals surface area contributed by atoms with Gasteiger partial charge in [0.25, 0.3) is 0 Å². The molecule has 0 saturated heterocycles. The summed E-state index contributed by atoms with van der Waals surface area (Å²) in [7, 11) is -3.17. The van der Waals surface area contributed by atoms with Crippen LogP contribution in [-0.2, 0) is 15.2 Å². The second-order valence-electron chi connectivity index (χ2n) is 2.37. The van der Waals surface area contributed by atoms with E-state index in [0.29, 0.717) is 5.33 Å². The van der Waals surface area contributed by atoms with Gasteiger partial charge in [0.05, 0.1) is 5.69 Å². The summed E-state index contributed by atoms with van der Waals surface area (Å²) < 4.78 is 22.0. The van der Waals surface area contributed by atoms with Crippen LogP contribution in [0.25, 0.3) is 0 Å². The summed E-state index contributed by atoms with van der Waals surface area (Å²) in [4.78, 5) is 3.93. The third-order valence-electron chi connectivity index (χ3n) is 1.30. The smallest absolute Gasteiger partial charge is 0.192 e. The lowest BCUT2D eigenvalue weighted by molar-refractivity contribution is 0.598. The Hall–Kier alpha value is -0.420. The first-order valence-corrected chi connectivity index (χ1v) is 6.27. The predicted octanol–water partition coefficient (Wildman–Crippen LogP) is 1.38. The largest absolute Gasteiger partial charge is 0.240 e. The quantitative estimate of drug-likeness (QED) is 0.745. The van der Waals surface area contributed by atoms with Gasteiger partial charge < -0.3 is 0 Å². The molecule has 1 aromatic rings. The van der Waals surface area contributed by atoms with Gasteiger partial charge in [0.2, 0.25) is 0 Å². The third kappa shape index (κ3) is 2.28. The van der Waals surface area contributed by atoms with E-state index in [1.165, 1.54) is 6.07 Å². The van der Waals surface area contributed by atoms with Crippen molar-refractivity contribution >= 4 is 25.8 Å². The van der Waals surface area contributed by atoms with E-state index < -0.39 is 9.84 Å². The maximum atomic E-state index is 11.0. The fourth-order valence-corrected chi connectivity index (χ4v) is 1.66. The Morgan fingerprint density at radius 2 is 2.17 bits per heavy atom. The van der Waals surface area contributed by atoms with Crippen molar-refractivity contribution in [2.45, 2.75) is 10.4 Å². The van der Waals surface area contributed by atoms with Crippen molar-refractivity contribution in [3.8, 4) is 0 Å². The van der Waals surface area contributed by atoms with Crippen molar-refractivity contribution in [2.75, 3.05) is 6.26 Å². The molecule has 1 rings (SSSR count). The monoisotopic (exact) mass is 249 g/mol. The van der Waals surface area contributed by atoms with Crippen LogP contribution in [0, 0.1) is 0 Å². The first kappa shape index (κ1) is 9.67. The van der Waals surface area contributed by atoms with Gasteiger partial charge in [-0.2, -0.15) is 0 Å². The van der Waals surface area contributed by atoms with Gasteiger partial charge in [0, 0.05) is 11.6 Å². The number of sulfone groups is 1. The van der Waals surface area contributed by atoms with E-state index in [2.05, 4.69) is 20.9 Å². The van der Waals surface area contributed by atoms with E-state index in [9.17, 15) is 8.42 Å². The number of rotatable bonds is 2. The molecule has 5 heteroatoms. The van der Waals surface area contributed by atoms with Crippen molar-refractivity contribution < 1.29 is 8.42 Å². The first-order chi connectivity index (χ1) is 5.54. The Labute approximate surface area is 79.9 Å². The molecule has 0 aliphatic carbocycles. The number of pyridine rings is 1. The number of hydrogen-bond acceptors (Lipinski definition) is 3. The van der Waals surface area contributed by atoms with E-state index in [4.69, 9.17) is 0 Å². The Morgan fingerprint density at radius 3 is 2.67 bits per heavy atom. The Balaban J connectivity index is 3.20. The summed E-state index contributed by atoms with van der Waals surface area (Å²) >= 11 is 3.20. The molecule has 0 amide bonds. The fourth-order valence-electron chi connectivity index (χ4n) is 0.739. The van der Waals surface area contributed by atoms with Gasteiger partial charge in [0.1, 0.15) is 0 Å². The summed E-state index contributed by atoms with van der Waals surface area (Å²) in [6.07, 6.45) is 1.15. The zero-order chi connectivity index (χ0) is 9.19. The lowest BCUT2D eigenvalue weighted by atomic mass is 10.4. The molecule has 0 unspecified atom stereocenters. The molecule has 0 aliphatic rings. The van der Waals surface area contributed by atoms with Crippen LogP contribution >= 0.6 is 15.9 Å². The number of nitrogens with zero attached hydrogens (tertiary/aromatic N) is 1. The molecule has 3 nitrogen and oxygen atoms in total. The number of halogens is 1. The molecule has 1 aromatic heterocycles. The van der Waals surface area contributed by atoms with Gasteiger partial charge in [-0.05, 0) is 12.1 Å². The minimum atomic E-state index is -3.17. The maximum absolute atomic E-state index is 11.0. The molecular formula is C7H8BrNO2S. The number of hydrogen-bond donors (Lipinski definition) is 0. The van der Waals surface area contributed by atoms with Crippen LogP contribution in [0.5, 0.6) is 0 Å². The highest BCUT2D eigenvalue weighted by atomic mass is 79.9. The van der Waals surface area contributed by atoms with Crippen molar-refractivity contribution in [3.63, 3.8) is 0 Å². The van der Waals surface area contributed by atoms with E-state index in [-0.39, 0.29) is 5.03 Å². The summed E-state index contributed by atoms with van der Waals surface area (Å²) in [5.74, 6) is 0. The van der Waals surface area contributed by atoms with Crippen molar-refractivity contribution in [2.24, 2.45) is 0 Å². The third-order valence-corrected chi connectivity index (χ3v) is 2.86. The minimum absolute atomic E-state index is 0.124. The number of aromatic nitrogens is 1. The molecule has 0 spiro atoms. The van der Waals surface area contributed by atoms with Gasteiger partial charge in [-0.3, -0.25) is 0 Å². The van der Waals surface area contributed by atoms with Crippen molar-refractivity contribution in [1.82, 2.24) is 4.98 Å². The molecule has 0 radical (unpaired) electrons. The second-order valence-corrected chi connectivity index (χ2v) is 4.90. The van der Waals surface area contributed by atoms with E-state index in [0.717, 1.165) is 11.9 Å². The molecule has 0 N–H and O–H groups in total. The van der Waals surface area contributed by atoms with E-state index in [1.54, 1.807) is 12.1 Å². The summed E-state index contributed by atoms with van der Waals surface area (Å²) in [5.41, 5.74) is 0.720. The molecule has 0 atom stereocenters. The number of alkyl halides is 1. The molecule has 0 fully saturated rings. The highest BCUT2D eigenvalue weighted by Gasteiger charge is 2.07. The van der Waals surface area contributed by atoms with Gasteiger partial charge in [0.15, 0.2) is 14.9 Å². The molecular weight excluding hydrogens is 242 g/mol. The SMILES string of the molecule is CS(=O)(=O)c1cccc(CBr)n1. The lowest BCUT2D eigenvalue weighted by Crippen LogP contribution is -2.01. The molecule has 0 aromatic carbocycles. The lowest BCUT2D eigenvalue weighted by Gasteiger charge is -1.98. The van der Waals surface area contributed by atoms with Gasteiger partial charge in [-0.15, -0.1) is 0 Å². The Kier molecular flexibility index (Phi) is 2.85.